The van der Waals surface area contributed by atoms with Gasteiger partial charge in [-0.05, 0) is 74.6 Å². The van der Waals surface area contributed by atoms with E-state index >= 15 is 0 Å². The number of rotatable bonds is 5. The lowest BCUT2D eigenvalue weighted by atomic mass is 9.82. The van der Waals surface area contributed by atoms with Crippen molar-refractivity contribution in [3.8, 4) is 5.75 Å². The second kappa shape index (κ2) is 9.37. The summed E-state index contributed by atoms with van der Waals surface area (Å²) in [5, 5.41) is 0. The highest BCUT2D eigenvalue weighted by Crippen LogP contribution is 2.41. The fraction of sp³-hybridized carbons (Fsp3) is 0.379. The van der Waals surface area contributed by atoms with Gasteiger partial charge in [-0.2, -0.15) is 0 Å². The van der Waals surface area contributed by atoms with E-state index in [0.717, 1.165) is 17.7 Å². The topological polar surface area (TPSA) is 84.0 Å². The van der Waals surface area contributed by atoms with Gasteiger partial charge in [-0.15, -0.1) is 0 Å². The van der Waals surface area contributed by atoms with Crippen LogP contribution >= 0.6 is 0 Å². The van der Waals surface area contributed by atoms with Crippen LogP contribution in [0.5, 0.6) is 5.75 Å². The number of nitrogens with zero attached hydrogens (tertiary/aromatic N) is 2. The number of fused-ring (bicyclic) bond motifs is 1. The normalized spacial score (nSPS) is 23.7. The summed E-state index contributed by atoms with van der Waals surface area (Å²) in [6, 6.07) is 12.7. The van der Waals surface area contributed by atoms with Gasteiger partial charge >= 0.3 is 5.97 Å². The van der Waals surface area contributed by atoms with Crippen molar-refractivity contribution in [2.24, 2.45) is 17.8 Å². The molecule has 2 saturated heterocycles. The maximum Gasteiger partial charge on any atom is 0.316 e. The molecule has 2 aromatic rings. The molecule has 3 atom stereocenters. The van der Waals surface area contributed by atoms with E-state index in [9.17, 15) is 19.2 Å². The first-order chi connectivity index (χ1) is 17.3. The molecule has 2 fully saturated rings. The summed E-state index contributed by atoms with van der Waals surface area (Å²) in [6.07, 6.45) is 4.25. The lowest BCUT2D eigenvalue weighted by molar-refractivity contribution is -0.139. The molecule has 2 heterocycles. The molecule has 0 saturated carbocycles. The van der Waals surface area contributed by atoms with Gasteiger partial charge in [0.25, 0.3) is 0 Å². The van der Waals surface area contributed by atoms with Gasteiger partial charge in [0, 0.05) is 18.7 Å². The van der Waals surface area contributed by atoms with Crippen LogP contribution in [0, 0.1) is 24.7 Å². The summed E-state index contributed by atoms with van der Waals surface area (Å²) in [5.74, 6) is -1.76. The Morgan fingerprint density at radius 2 is 1.69 bits per heavy atom. The van der Waals surface area contributed by atoms with Crippen LogP contribution in [0.2, 0.25) is 0 Å². The summed E-state index contributed by atoms with van der Waals surface area (Å²) in [7, 11) is 0. The van der Waals surface area contributed by atoms with Crippen molar-refractivity contribution in [2.45, 2.75) is 46.5 Å². The molecular weight excluding hydrogens is 456 g/mol. The summed E-state index contributed by atoms with van der Waals surface area (Å²) < 4.78 is 5.61. The molecule has 7 nitrogen and oxygen atoms in total. The number of carbonyl (C=O) groups is 4. The van der Waals surface area contributed by atoms with Crippen LogP contribution in [0.3, 0.4) is 0 Å². The third-order valence-electron chi connectivity index (χ3n) is 7.57. The van der Waals surface area contributed by atoms with Gasteiger partial charge in [-0.3, -0.25) is 19.2 Å². The Morgan fingerprint density at radius 3 is 2.39 bits per heavy atom. The minimum Gasteiger partial charge on any atom is -0.426 e. The van der Waals surface area contributed by atoms with Crippen LogP contribution in [-0.4, -0.2) is 30.2 Å². The smallest absolute Gasteiger partial charge is 0.316 e. The molecule has 0 unspecified atom stereocenters. The summed E-state index contributed by atoms with van der Waals surface area (Å²) in [6.45, 7) is 6.12. The predicted molar refractivity (Wildman–Crippen MR) is 136 cm³/mol. The fourth-order valence-corrected chi connectivity index (χ4v) is 5.44. The molecule has 186 valence electrons. The van der Waals surface area contributed by atoms with Gasteiger partial charge in [0.1, 0.15) is 5.75 Å². The number of carbonyl (C=O) groups excluding carboxylic acids is 4. The molecule has 36 heavy (non-hydrogen) atoms. The second-order valence-corrected chi connectivity index (χ2v) is 10.0. The number of imide groups is 1. The summed E-state index contributed by atoms with van der Waals surface area (Å²) >= 11 is 0. The van der Waals surface area contributed by atoms with Gasteiger partial charge in [-0.1, -0.05) is 30.7 Å². The molecule has 3 amide bonds. The molecule has 7 heteroatoms. The highest BCUT2D eigenvalue weighted by molar-refractivity contribution is 6.22. The lowest BCUT2D eigenvalue weighted by Gasteiger charge is -2.19. The largest absolute Gasteiger partial charge is 0.426 e. The third-order valence-corrected chi connectivity index (χ3v) is 7.57. The van der Waals surface area contributed by atoms with Crippen LogP contribution < -0.4 is 14.5 Å². The number of amides is 3. The average molecular weight is 487 g/mol. The van der Waals surface area contributed by atoms with Crippen LogP contribution in [0.1, 0.15) is 44.2 Å². The van der Waals surface area contributed by atoms with Crippen molar-refractivity contribution in [1.29, 1.82) is 0 Å². The number of anilines is 2. The first kappa shape index (κ1) is 24.0. The van der Waals surface area contributed by atoms with Crippen molar-refractivity contribution in [3.05, 3.63) is 65.2 Å². The standard InChI is InChI=1S/C29H30N2O5/c1-4-19-6-8-21(9-7-19)30-16-20(15-26(30)32)29(35)36-22-10-12-25(18(3)14-22)31-27(33)23-11-5-17(2)13-24(23)28(31)34/h5-10,12,14,20,23-24H,4,11,13,15-16H2,1-3H3/t20-,23-,24-/m1/s1. The van der Waals surface area contributed by atoms with Gasteiger partial charge in [0.05, 0.1) is 23.4 Å². The van der Waals surface area contributed by atoms with E-state index in [1.807, 2.05) is 37.3 Å². The number of benzene rings is 2. The number of hydrogen-bond acceptors (Lipinski definition) is 5. The molecule has 1 aliphatic carbocycles. The SMILES string of the molecule is CCc1ccc(N2C[C@H](C(=O)Oc3ccc(N4C(=O)[C@@H]5CC=C(C)C[C@H]5C4=O)c(C)c3)CC2=O)cc1. The zero-order chi connectivity index (χ0) is 25.6. The van der Waals surface area contributed by atoms with Gasteiger partial charge in [0.15, 0.2) is 0 Å². The quantitative estimate of drug-likeness (QED) is 0.271. The van der Waals surface area contributed by atoms with E-state index in [4.69, 9.17) is 4.74 Å². The van der Waals surface area contributed by atoms with E-state index < -0.39 is 11.9 Å². The molecule has 0 N–H and O–H groups in total. The molecule has 3 aliphatic rings. The van der Waals surface area contributed by atoms with Crippen LogP contribution in [0.25, 0.3) is 0 Å². The highest BCUT2D eigenvalue weighted by atomic mass is 16.5. The van der Waals surface area contributed by atoms with Crippen LogP contribution in [0.15, 0.2) is 54.1 Å². The van der Waals surface area contributed by atoms with Crippen LogP contribution in [-0.2, 0) is 25.6 Å². The number of esters is 1. The summed E-state index contributed by atoms with van der Waals surface area (Å²) in [5.41, 5.74) is 4.29. The van der Waals surface area contributed by atoms with Crippen molar-refractivity contribution >= 4 is 35.1 Å². The maximum atomic E-state index is 13.1. The van der Waals surface area contributed by atoms with E-state index in [2.05, 4.69) is 6.92 Å². The molecule has 0 aromatic heterocycles. The molecule has 5 rings (SSSR count). The molecule has 0 radical (unpaired) electrons. The van der Waals surface area contributed by atoms with E-state index in [-0.39, 0.29) is 42.5 Å². The Balaban J connectivity index is 1.27. The van der Waals surface area contributed by atoms with Crippen molar-refractivity contribution in [2.75, 3.05) is 16.3 Å². The molecule has 0 bridgehead atoms. The zero-order valence-corrected chi connectivity index (χ0v) is 20.8. The van der Waals surface area contributed by atoms with Gasteiger partial charge in [0.2, 0.25) is 17.7 Å². The third kappa shape index (κ3) is 4.23. The average Bonchev–Trinajstić information content (AvgIpc) is 3.37. The Hall–Kier alpha value is -3.74. The van der Waals surface area contributed by atoms with E-state index in [1.54, 1.807) is 30.0 Å². The first-order valence-corrected chi connectivity index (χ1v) is 12.5. The summed E-state index contributed by atoms with van der Waals surface area (Å²) in [4.78, 5) is 54.4. The number of ether oxygens (including phenoxy) is 1. The van der Waals surface area contributed by atoms with E-state index in [1.165, 1.54) is 10.5 Å². The Kier molecular flexibility index (Phi) is 6.24. The molecule has 2 aromatic carbocycles. The number of aryl methyl sites for hydroxylation is 2. The predicted octanol–water partition coefficient (Wildman–Crippen LogP) is 4.36. The van der Waals surface area contributed by atoms with Crippen LogP contribution in [0.4, 0.5) is 11.4 Å². The molecule has 0 spiro atoms. The second-order valence-electron chi connectivity index (χ2n) is 10.0. The Labute approximate surface area is 210 Å². The van der Waals surface area contributed by atoms with Crippen molar-refractivity contribution in [3.63, 3.8) is 0 Å². The molecule has 2 aliphatic heterocycles. The zero-order valence-electron chi connectivity index (χ0n) is 20.8. The van der Waals surface area contributed by atoms with E-state index in [0.29, 0.717) is 29.8 Å². The molecular formula is C29H30N2O5. The first-order valence-electron chi connectivity index (χ1n) is 12.5. The van der Waals surface area contributed by atoms with Gasteiger partial charge in [-0.25, -0.2) is 4.90 Å². The Bertz CT molecular complexity index is 1280. The maximum absolute atomic E-state index is 13.1. The van der Waals surface area contributed by atoms with Crippen molar-refractivity contribution in [1.82, 2.24) is 0 Å². The minimum atomic E-state index is -0.566. The monoisotopic (exact) mass is 486 g/mol. The highest BCUT2D eigenvalue weighted by Gasteiger charge is 2.49. The van der Waals surface area contributed by atoms with Gasteiger partial charge < -0.3 is 9.64 Å². The minimum absolute atomic E-state index is 0.0957. The fourth-order valence-electron chi connectivity index (χ4n) is 5.44. The number of hydrogen-bond donors (Lipinski definition) is 0. The lowest BCUT2D eigenvalue weighted by Crippen LogP contribution is -2.31. The van der Waals surface area contributed by atoms with Crippen molar-refractivity contribution < 1.29 is 23.9 Å². The Morgan fingerprint density at radius 1 is 0.972 bits per heavy atom. The number of allylic oxidation sites excluding steroid dienone is 2.